The van der Waals surface area contributed by atoms with Crippen LogP contribution in [-0.4, -0.2) is 18.0 Å². The van der Waals surface area contributed by atoms with Gasteiger partial charge in [0.2, 0.25) is 0 Å². The van der Waals surface area contributed by atoms with Gasteiger partial charge >= 0.3 is 0 Å². The molecule has 0 aliphatic carbocycles. The zero-order valence-electron chi connectivity index (χ0n) is 12.5. The van der Waals surface area contributed by atoms with Crippen LogP contribution >= 0.6 is 11.3 Å². The highest BCUT2D eigenvalue weighted by Gasteiger charge is 2.15. The number of nitrogens with zero attached hydrogens (tertiary/aromatic N) is 1. The smallest absolute Gasteiger partial charge is 0.275 e. The maximum absolute atomic E-state index is 13.6. The maximum atomic E-state index is 13.6. The second-order valence-electron chi connectivity index (χ2n) is 4.82. The SMILES string of the molecule is COc1ccc(-c2nc(C(=O)Nc3cccc(F)c3F)cs2)cc1. The highest BCUT2D eigenvalue weighted by atomic mass is 32.1. The van der Waals surface area contributed by atoms with Crippen LogP contribution in [0.25, 0.3) is 10.6 Å². The van der Waals surface area contributed by atoms with E-state index in [0.29, 0.717) is 5.01 Å². The van der Waals surface area contributed by atoms with Crippen molar-refractivity contribution < 1.29 is 18.3 Å². The standard InChI is InChI=1S/C17H12F2N2O2S/c1-23-11-7-5-10(6-8-11)17-21-14(9-24-17)16(22)20-13-4-2-3-12(18)15(13)19/h2-9H,1H3,(H,20,22). The van der Waals surface area contributed by atoms with Gasteiger partial charge in [0, 0.05) is 10.9 Å². The van der Waals surface area contributed by atoms with Gasteiger partial charge in [-0.3, -0.25) is 4.79 Å². The Morgan fingerprint density at radius 2 is 1.92 bits per heavy atom. The van der Waals surface area contributed by atoms with Crippen LogP contribution in [0.3, 0.4) is 0 Å². The molecule has 0 aliphatic heterocycles. The molecule has 0 bridgehead atoms. The molecule has 7 heteroatoms. The van der Waals surface area contributed by atoms with Gasteiger partial charge in [0.25, 0.3) is 5.91 Å². The lowest BCUT2D eigenvalue weighted by atomic mass is 10.2. The normalized spacial score (nSPS) is 10.5. The number of methoxy groups -OCH3 is 1. The Balaban J connectivity index is 1.79. The Kier molecular flexibility index (Phi) is 4.52. The first-order valence-electron chi connectivity index (χ1n) is 6.94. The third-order valence-electron chi connectivity index (χ3n) is 3.27. The molecule has 122 valence electrons. The Labute approximate surface area is 140 Å². The Morgan fingerprint density at radius 1 is 1.17 bits per heavy atom. The molecule has 0 unspecified atom stereocenters. The van der Waals surface area contributed by atoms with Crippen molar-refractivity contribution in [2.24, 2.45) is 0 Å². The van der Waals surface area contributed by atoms with Gasteiger partial charge in [-0.15, -0.1) is 11.3 Å². The van der Waals surface area contributed by atoms with E-state index in [2.05, 4.69) is 10.3 Å². The molecule has 1 aromatic heterocycles. The molecule has 0 saturated heterocycles. The first kappa shape index (κ1) is 16.1. The number of halogens is 2. The van der Waals surface area contributed by atoms with Gasteiger partial charge in [-0.1, -0.05) is 6.07 Å². The second kappa shape index (κ2) is 6.76. The number of carbonyl (C=O) groups is 1. The summed E-state index contributed by atoms with van der Waals surface area (Å²) in [6.07, 6.45) is 0. The summed E-state index contributed by atoms with van der Waals surface area (Å²) in [5, 5.41) is 4.52. The van der Waals surface area contributed by atoms with Gasteiger partial charge in [-0.2, -0.15) is 0 Å². The van der Waals surface area contributed by atoms with Crippen LogP contribution in [-0.2, 0) is 0 Å². The number of hydrogen-bond acceptors (Lipinski definition) is 4. The van der Waals surface area contributed by atoms with Crippen molar-refractivity contribution >= 4 is 22.9 Å². The molecule has 0 radical (unpaired) electrons. The van der Waals surface area contributed by atoms with Gasteiger partial charge in [-0.05, 0) is 36.4 Å². The Morgan fingerprint density at radius 3 is 2.62 bits per heavy atom. The monoisotopic (exact) mass is 346 g/mol. The zero-order valence-corrected chi connectivity index (χ0v) is 13.4. The van der Waals surface area contributed by atoms with Crippen molar-refractivity contribution in [2.75, 3.05) is 12.4 Å². The number of benzene rings is 2. The molecule has 0 atom stereocenters. The summed E-state index contributed by atoms with van der Waals surface area (Å²) in [6, 6.07) is 10.8. The number of rotatable bonds is 4. The number of thiazole rings is 1. The fourth-order valence-corrected chi connectivity index (χ4v) is 2.84. The lowest BCUT2D eigenvalue weighted by Crippen LogP contribution is -2.13. The Bertz CT molecular complexity index is 879. The minimum Gasteiger partial charge on any atom is -0.497 e. The molecular weight excluding hydrogens is 334 g/mol. The summed E-state index contributed by atoms with van der Waals surface area (Å²) in [5.74, 6) is -2.01. The van der Waals surface area contributed by atoms with E-state index in [1.807, 2.05) is 12.1 Å². The molecule has 1 heterocycles. The second-order valence-corrected chi connectivity index (χ2v) is 5.68. The van der Waals surface area contributed by atoms with E-state index in [9.17, 15) is 13.6 Å². The van der Waals surface area contributed by atoms with Crippen LogP contribution < -0.4 is 10.1 Å². The predicted octanol–water partition coefficient (Wildman–Crippen LogP) is 4.35. The fourth-order valence-electron chi connectivity index (χ4n) is 2.03. The zero-order chi connectivity index (χ0) is 17.1. The van der Waals surface area contributed by atoms with Crippen LogP contribution in [0, 0.1) is 11.6 Å². The predicted molar refractivity (Wildman–Crippen MR) is 88.4 cm³/mol. The van der Waals surface area contributed by atoms with E-state index in [1.165, 1.54) is 23.5 Å². The largest absolute Gasteiger partial charge is 0.497 e. The number of nitrogens with one attached hydrogen (secondary N) is 1. The topological polar surface area (TPSA) is 51.2 Å². The molecule has 3 rings (SSSR count). The van der Waals surface area contributed by atoms with E-state index < -0.39 is 17.5 Å². The Hall–Kier alpha value is -2.80. The molecule has 1 N–H and O–H groups in total. The number of hydrogen-bond donors (Lipinski definition) is 1. The molecule has 4 nitrogen and oxygen atoms in total. The number of anilines is 1. The van der Waals surface area contributed by atoms with Crippen molar-refractivity contribution in [1.29, 1.82) is 0 Å². The van der Waals surface area contributed by atoms with Crippen molar-refractivity contribution in [3.8, 4) is 16.3 Å². The lowest BCUT2D eigenvalue weighted by Gasteiger charge is -2.04. The lowest BCUT2D eigenvalue weighted by molar-refractivity contribution is 0.102. The molecule has 0 fully saturated rings. The molecule has 0 aliphatic rings. The fraction of sp³-hybridized carbons (Fsp3) is 0.0588. The van der Waals surface area contributed by atoms with Crippen molar-refractivity contribution in [1.82, 2.24) is 4.98 Å². The summed E-state index contributed by atoms with van der Waals surface area (Å²) in [7, 11) is 1.58. The van der Waals surface area contributed by atoms with Crippen LogP contribution in [0.5, 0.6) is 5.75 Å². The van der Waals surface area contributed by atoms with Crippen molar-refractivity contribution in [3.05, 3.63) is 65.2 Å². The summed E-state index contributed by atoms with van der Waals surface area (Å²) in [6.45, 7) is 0. The highest BCUT2D eigenvalue weighted by molar-refractivity contribution is 7.13. The van der Waals surface area contributed by atoms with Crippen LogP contribution in [0.2, 0.25) is 0 Å². The average molecular weight is 346 g/mol. The minimum atomic E-state index is -1.10. The first-order valence-corrected chi connectivity index (χ1v) is 7.82. The number of aromatic nitrogens is 1. The van der Waals surface area contributed by atoms with Gasteiger partial charge in [-0.25, -0.2) is 13.8 Å². The summed E-state index contributed by atoms with van der Waals surface area (Å²) in [4.78, 5) is 16.4. The van der Waals surface area contributed by atoms with Gasteiger partial charge in [0.15, 0.2) is 11.6 Å². The van der Waals surface area contributed by atoms with Crippen LogP contribution in [0.15, 0.2) is 47.8 Å². The molecule has 2 aromatic carbocycles. The summed E-state index contributed by atoms with van der Waals surface area (Å²) < 4.78 is 31.9. The van der Waals surface area contributed by atoms with Gasteiger partial charge in [0.1, 0.15) is 16.5 Å². The van der Waals surface area contributed by atoms with Crippen molar-refractivity contribution in [2.45, 2.75) is 0 Å². The van der Waals surface area contributed by atoms with Gasteiger partial charge in [0.05, 0.1) is 12.8 Å². The highest BCUT2D eigenvalue weighted by Crippen LogP contribution is 2.26. The van der Waals surface area contributed by atoms with E-state index >= 15 is 0 Å². The van der Waals surface area contributed by atoms with Crippen LogP contribution in [0.1, 0.15) is 10.5 Å². The van der Waals surface area contributed by atoms with Crippen molar-refractivity contribution in [3.63, 3.8) is 0 Å². The van der Waals surface area contributed by atoms with Crippen LogP contribution in [0.4, 0.5) is 14.5 Å². The van der Waals surface area contributed by atoms with E-state index in [0.717, 1.165) is 17.4 Å². The van der Waals surface area contributed by atoms with E-state index in [1.54, 1.807) is 24.6 Å². The van der Waals surface area contributed by atoms with E-state index in [4.69, 9.17) is 4.74 Å². The number of carbonyl (C=O) groups excluding carboxylic acids is 1. The quantitative estimate of drug-likeness (QED) is 0.764. The third-order valence-corrected chi connectivity index (χ3v) is 4.16. The minimum absolute atomic E-state index is 0.134. The molecule has 1 amide bonds. The summed E-state index contributed by atoms with van der Waals surface area (Å²) in [5.41, 5.74) is 0.741. The molecule has 0 saturated carbocycles. The number of amides is 1. The molecule has 24 heavy (non-hydrogen) atoms. The molecule has 0 spiro atoms. The third kappa shape index (κ3) is 3.26. The number of ether oxygens (including phenoxy) is 1. The average Bonchev–Trinajstić information content (AvgIpc) is 3.09. The first-order chi connectivity index (χ1) is 11.6. The van der Waals surface area contributed by atoms with Gasteiger partial charge < -0.3 is 10.1 Å². The molecule has 3 aromatic rings. The maximum Gasteiger partial charge on any atom is 0.275 e. The summed E-state index contributed by atoms with van der Waals surface area (Å²) >= 11 is 1.28. The molecular formula is C17H12F2N2O2S. The van der Waals surface area contributed by atoms with E-state index in [-0.39, 0.29) is 11.4 Å².